The largest absolute Gasteiger partial charge is 0.481 e. The quantitative estimate of drug-likeness (QED) is 0.652. The van der Waals surface area contributed by atoms with Crippen LogP contribution in [0.2, 0.25) is 0 Å². The first kappa shape index (κ1) is 21.6. The molecule has 0 saturated carbocycles. The number of carbonyl (C=O) groups excluding carboxylic acids is 2. The SMILES string of the molecule is Cc1ccc(O[C@@H](C)C(=O)N2CCNC(=O)[C@@H]2Cc2ccccc2-c2cccnc2)cc1. The number of piperazine rings is 1. The van der Waals surface area contributed by atoms with E-state index in [4.69, 9.17) is 4.74 Å². The topological polar surface area (TPSA) is 71.5 Å². The third-order valence-electron chi connectivity index (χ3n) is 5.70. The molecule has 32 heavy (non-hydrogen) atoms. The minimum absolute atomic E-state index is 0.145. The summed E-state index contributed by atoms with van der Waals surface area (Å²) in [6.45, 7) is 4.61. The van der Waals surface area contributed by atoms with Gasteiger partial charge in [0.25, 0.3) is 5.91 Å². The molecular weight excluding hydrogens is 402 g/mol. The van der Waals surface area contributed by atoms with Gasteiger partial charge in [0.1, 0.15) is 11.8 Å². The van der Waals surface area contributed by atoms with E-state index in [0.29, 0.717) is 25.3 Å². The maximum atomic E-state index is 13.3. The summed E-state index contributed by atoms with van der Waals surface area (Å²) in [6.07, 6.45) is 3.26. The van der Waals surface area contributed by atoms with Gasteiger partial charge < -0.3 is 15.0 Å². The number of aryl methyl sites for hydroxylation is 1. The van der Waals surface area contributed by atoms with Crippen molar-refractivity contribution in [3.8, 4) is 16.9 Å². The summed E-state index contributed by atoms with van der Waals surface area (Å²) in [7, 11) is 0. The number of nitrogens with zero attached hydrogens (tertiary/aromatic N) is 2. The molecule has 164 valence electrons. The van der Waals surface area contributed by atoms with Crippen molar-refractivity contribution >= 4 is 11.8 Å². The van der Waals surface area contributed by atoms with Crippen LogP contribution in [-0.4, -0.2) is 46.9 Å². The molecule has 2 aromatic carbocycles. The normalized spacial score (nSPS) is 16.9. The van der Waals surface area contributed by atoms with Crippen LogP contribution < -0.4 is 10.1 Å². The highest BCUT2D eigenvalue weighted by Crippen LogP contribution is 2.26. The van der Waals surface area contributed by atoms with E-state index in [9.17, 15) is 9.59 Å². The van der Waals surface area contributed by atoms with Crippen molar-refractivity contribution in [1.82, 2.24) is 15.2 Å². The highest BCUT2D eigenvalue weighted by atomic mass is 16.5. The number of rotatable bonds is 6. The average molecular weight is 430 g/mol. The molecule has 1 fully saturated rings. The second kappa shape index (κ2) is 9.64. The third-order valence-corrected chi connectivity index (χ3v) is 5.70. The van der Waals surface area contributed by atoms with Crippen molar-refractivity contribution in [3.63, 3.8) is 0 Å². The van der Waals surface area contributed by atoms with Gasteiger partial charge in [0.2, 0.25) is 5.91 Å². The van der Waals surface area contributed by atoms with Crippen LogP contribution in [0.4, 0.5) is 0 Å². The van der Waals surface area contributed by atoms with Gasteiger partial charge in [-0.25, -0.2) is 0 Å². The van der Waals surface area contributed by atoms with E-state index in [-0.39, 0.29) is 11.8 Å². The number of benzene rings is 2. The fraction of sp³-hybridized carbons (Fsp3) is 0.269. The van der Waals surface area contributed by atoms with Crippen LogP contribution in [0.1, 0.15) is 18.1 Å². The van der Waals surface area contributed by atoms with E-state index in [0.717, 1.165) is 22.3 Å². The summed E-state index contributed by atoms with van der Waals surface area (Å²) in [4.78, 5) is 32.0. The zero-order valence-corrected chi connectivity index (χ0v) is 18.3. The summed E-state index contributed by atoms with van der Waals surface area (Å²) >= 11 is 0. The lowest BCUT2D eigenvalue weighted by atomic mass is 9.94. The molecular formula is C26H27N3O3. The van der Waals surface area contributed by atoms with Gasteiger partial charge in [-0.15, -0.1) is 0 Å². The molecule has 6 heteroatoms. The van der Waals surface area contributed by atoms with Crippen molar-refractivity contribution in [3.05, 3.63) is 84.2 Å². The zero-order valence-electron chi connectivity index (χ0n) is 18.3. The third kappa shape index (κ3) is 4.80. The van der Waals surface area contributed by atoms with E-state index in [1.165, 1.54) is 0 Å². The molecule has 6 nitrogen and oxygen atoms in total. The maximum Gasteiger partial charge on any atom is 0.264 e. The molecule has 1 N–H and O–H groups in total. The van der Waals surface area contributed by atoms with Gasteiger partial charge >= 0.3 is 0 Å². The molecule has 4 rings (SSSR count). The van der Waals surface area contributed by atoms with Gasteiger partial charge in [-0.3, -0.25) is 14.6 Å². The Morgan fingerprint density at radius 2 is 1.94 bits per heavy atom. The van der Waals surface area contributed by atoms with E-state index in [2.05, 4.69) is 10.3 Å². The summed E-state index contributed by atoms with van der Waals surface area (Å²) < 4.78 is 5.88. The second-order valence-electron chi connectivity index (χ2n) is 8.01. The lowest BCUT2D eigenvalue weighted by Gasteiger charge is -2.36. The minimum atomic E-state index is -0.695. The second-order valence-corrected chi connectivity index (χ2v) is 8.01. The fourth-order valence-corrected chi connectivity index (χ4v) is 4.00. The predicted octanol–water partition coefficient (Wildman–Crippen LogP) is 3.39. The molecule has 1 aliphatic rings. The lowest BCUT2D eigenvalue weighted by Crippen LogP contribution is -2.60. The van der Waals surface area contributed by atoms with E-state index >= 15 is 0 Å². The summed E-state index contributed by atoms with van der Waals surface area (Å²) in [5.41, 5.74) is 4.10. The molecule has 1 saturated heterocycles. The fourth-order valence-electron chi connectivity index (χ4n) is 4.00. The molecule has 0 spiro atoms. The average Bonchev–Trinajstić information content (AvgIpc) is 2.82. The van der Waals surface area contributed by atoms with Crippen LogP contribution in [0, 0.1) is 6.92 Å². The molecule has 1 aromatic heterocycles. The number of hydrogen-bond donors (Lipinski definition) is 1. The Morgan fingerprint density at radius 1 is 1.16 bits per heavy atom. The molecule has 2 heterocycles. The Morgan fingerprint density at radius 3 is 2.69 bits per heavy atom. The van der Waals surface area contributed by atoms with Gasteiger partial charge in [0.05, 0.1) is 0 Å². The van der Waals surface area contributed by atoms with Crippen molar-refractivity contribution in [2.45, 2.75) is 32.4 Å². The Balaban J connectivity index is 1.55. The molecule has 1 aliphatic heterocycles. The monoisotopic (exact) mass is 429 g/mol. The highest BCUT2D eigenvalue weighted by molar-refractivity contribution is 5.91. The van der Waals surface area contributed by atoms with Gasteiger partial charge in [-0.1, -0.05) is 48.0 Å². The van der Waals surface area contributed by atoms with Crippen molar-refractivity contribution in [1.29, 1.82) is 0 Å². The number of nitrogens with one attached hydrogen (secondary N) is 1. The molecule has 0 radical (unpaired) electrons. The maximum absolute atomic E-state index is 13.3. The van der Waals surface area contributed by atoms with Crippen molar-refractivity contribution in [2.75, 3.05) is 13.1 Å². The molecule has 0 bridgehead atoms. The first-order valence-corrected chi connectivity index (χ1v) is 10.8. The van der Waals surface area contributed by atoms with Crippen LogP contribution >= 0.6 is 0 Å². The van der Waals surface area contributed by atoms with Crippen LogP contribution in [-0.2, 0) is 16.0 Å². The smallest absolute Gasteiger partial charge is 0.264 e. The van der Waals surface area contributed by atoms with E-state index in [1.54, 1.807) is 24.2 Å². The molecule has 0 aliphatic carbocycles. The Kier molecular flexibility index (Phi) is 6.50. The van der Waals surface area contributed by atoms with Crippen LogP contribution in [0.3, 0.4) is 0 Å². The zero-order chi connectivity index (χ0) is 22.5. The number of aromatic nitrogens is 1. The first-order chi connectivity index (χ1) is 15.5. The highest BCUT2D eigenvalue weighted by Gasteiger charge is 2.36. The summed E-state index contributed by atoms with van der Waals surface area (Å²) in [6, 6.07) is 18.8. The Bertz CT molecular complexity index is 1080. The number of ether oxygens (including phenoxy) is 1. The van der Waals surface area contributed by atoms with Crippen LogP contribution in [0.15, 0.2) is 73.1 Å². The van der Waals surface area contributed by atoms with E-state index < -0.39 is 12.1 Å². The van der Waals surface area contributed by atoms with Crippen molar-refractivity contribution in [2.24, 2.45) is 0 Å². The summed E-state index contributed by atoms with van der Waals surface area (Å²) in [5.74, 6) is 0.300. The number of hydrogen-bond acceptors (Lipinski definition) is 4. The predicted molar refractivity (Wildman–Crippen MR) is 123 cm³/mol. The van der Waals surface area contributed by atoms with Gasteiger partial charge in [-0.05, 0) is 43.2 Å². The molecule has 2 atom stereocenters. The Hall–Kier alpha value is -3.67. The lowest BCUT2D eigenvalue weighted by molar-refractivity contribution is -0.147. The number of carbonyl (C=O) groups is 2. The molecule has 2 amide bonds. The van der Waals surface area contributed by atoms with Crippen LogP contribution in [0.25, 0.3) is 11.1 Å². The van der Waals surface area contributed by atoms with Crippen LogP contribution in [0.5, 0.6) is 5.75 Å². The molecule has 3 aromatic rings. The number of amides is 2. The van der Waals surface area contributed by atoms with Gasteiger partial charge in [-0.2, -0.15) is 0 Å². The summed E-state index contributed by atoms with van der Waals surface area (Å²) in [5, 5.41) is 2.91. The standard InChI is InChI=1S/C26H27N3O3/c1-18-9-11-22(12-10-18)32-19(2)26(31)29-15-14-28-25(30)24(29)16-20-6-3-4-8-23(20)21-7-5-13-27-17-21/h3-13,17,19,24H,14-16H2,1-2H3,(H,28,30)/t19-,24-/m0/s1. The Labute approximate surface area is 188 Å². The van der Waals surface area contributed by atoms with Crippen molar-refractivity contribution < 1.29 is 14.3 Å². The van der Waals surface area contributed by atoms with E-state index in [1.807, 2.05) is 67.6 Å². The van der Waals surface area contributed by atoms with Gasteiger partial charge in [0.15, 0.2) is 6.10 Å². The molecule has 0 unspecified atom stereocenters. The first-order valence-electron chi connectivity index (χ1n) is 10.8. The number of pyridine rings is 1. The van der Waals surface area contributed by atoms with Gasteiger partial charge in [0, 0.05) is 37.5 Å². The minimum Gasteiger partial charge on any atom is -0.481 e.